The summed E-state index contributed by atoms with van der Waals surface area (Å²) in [4.78, 5) is 0. The van der Waals surface area contributed by atoms with Gasteiger partial charge in [-0.15, -0.1) is 0 Å². The third-order valence-electron chi connectivity index (χ3n) is 4.42. The molecular formula is C11H19NO. The Balaban J connectivity index is 1.65. The normalized spacial score (nSPS) is 46.4. The van der Waals surface area contributed by atoms with Crippen LogP contribution in [0.2, 0.25) is 0 Å². The Morgan fingerprint density at radius 3 is 2.46 bits per heavy atom. The quantitative estimate of drug-likeness (QED) is 0.673. The van der Waals surface area contributed by atoms with Gasteiger partial charge in [0, 0.05) is 18.0 Å². The zero-order valence-electron chi connectivity index (χ0n) is 8.08. The molecule has 0 amide bonds. The van der Waals surface area contributed by atoms with Crippen LogP contribution < -0.4 is 5.32 Å². The van der Waals surface area contributed by atoms with Crippen LogP contribution in [0.3, 0.4) is 0 Å². The first-order chi connectivity index (χ1) is 6.34. The van der Waals surface area contributed by atoms with Gasteiger partial charge >= 0.3 is 0 Å². The molecule has 0 aromatic carbocycles. The molecule has 1 aliphatic carbocycles. The maximum Gasteiger partial charge on any atom is 0.0611 e. The van der Waals surface area contributed by atoms with Crippen LogP contribution in [-0.2, 0) is 0 Å². The molecule has 3 rings (SSSR count). The lowest BCUT2D eigenvalue weighted by molar-refractivity contribution is 0.00643. The number of aliphatic hydroxyl groups is 1. The van der Waals surface area contributed by atoms with Gasteiger partial charge < -0.3 is 10.4 Å². The first-order valence-electron chi connectivity index (χ1n) is 5.79. The average Bonchev–Trinajstić information content (AvgIpc) is 2.59. The molecule has 2 nitrogen and oxygen atoms in total. The van der Waals surface area contributed by atoms with E-state index in [1.807, 2.05) is 0 Å². The third kappa shape index (κ3) is 1.23. The van der Waals surface area contributed by atoms with Crippen molar-refractivity contribution >= 4 is 0 Å². The molecule has 13 heavy (non-hydrogen) atoms. The van der Waals surface area contributed by atoms with Gasteiger partial charge in [-0.3, -0.25) is 0 Å². The van der Waals surface area contributed by atoms with E-state index in [9.17, 15) is 5.11 Å². The lowest BCUT2D eigenvalue weighted by atomic mass is 9.72. The molecule has 2 saturated heterocycles. The number of fused-ring (bicyclic) bond motifs is 2. The fourth-order valence-electron chi connectivity index (χ4n) is 3.37. The van der Waals surface area contributed by atoms with Crippen LogP contribution in [0.25, 0.3) is 0 Å². The van der Waals surface area contributed by atoms with Crippen molar-refractivity contribution in [3.8, 4) is 0 Å². The molecule has 0 spiro atoms. The second-order valence-corrected chi connectivity index (χ2v) is 5.13. The smallest absolute Gasteiger partial charge is 0.0611 e. The van der Waals surface area contributed by atoms with Crippen LogP contribution in [0.1, 0.15) is 38.5 Å². The van der Waals surface area contributed by atoms with Crippen molar-refractivity contribution in [3.63, 3.8) is 0 Å². The summed E-state index contributed by atoms with van der Waals surface area (Å²) in [5, 5.41) is 13.8. The Morgan fingerprint density at radius 1 is 1.15 bits per heavy atom. The Morgan fingerprint density at radius 2 is 2.00 bits per heavy atom. The molecule has 3 fully saturated rings. The topological polar surface area (TPSA) is 32.3 Å². The summed E-state index contributed by atoms with van der Waals surface area (Å²) < 4.78 is 0. The average molecular weight is 181 g/mol. The molecule has 2 bridgehead atoms. The van der Waals surface area contributed by atoms with Gasteiger partial charge in [0.15, 0.2) is 0 Å². The molecule has 4 atom stereocenters. The third-order valence-corrected chi connectivity index (χ3v) is 4.42. The number of aliphatic hydroxyl groups excluding tert-OH is 1. The van der Waals surface area contributed by atoms with Gasteiger partial charge in [-0.25, -0.2) is 0 Å². The molecule has 3 aliphatic rings. The Hall–Kier alpha value is -0.0800. The van der Waals surface area contributed by atoms with E-state index in [1.54, 1.807) is 0 Å². The zero-order valence-corrected chi connectivity index (χ0v) is 8.08. The molecular weight excluding hydrogens is 162 g/mol. The van der Waals surface area contributed by atoms with E-state index in [0.29, 0.717) is 17.9 Å². The van der Waals surface area contributed by atoms with E-state index >= 15 is 0 Å². The largest absolute Gasteiger partial charge is 0.392 e. The van der Waals surface area contributed by atoms with Gasteiger partial charge in [-0.1, -0.05) is 6.42 Å². The molecule has 2 heterocycles. The Kier molecular flexibility index (Phi) is 1.88. The van der Waals surface area contributed by atoms with Crippen LogP contribution in [-0.4, -0.2) is 23.3 Å². The molecule has 0 aromatic heterocycles. The molecule has 2 heteroatoms. The fourth-order valence-corrected chi connectivity index (χ4v) is 3.37. The monoisotopic (exact) mass is 181 g/mol. The molecule has 74 valence electrons. The number of rotatable bonds is 2. The van der Waals surface area contributed by atoms with Gasteiger partial charge in [-0.2, -0.15) is 0 Å². The van der Waals surface area contributed by atoms with Gasteiger partial charge in [-0.05, 0) is 38.0 Å². The summed E-state index contributed by atoms with van der Waals surface area (Å²) in [6.45, 7) is 0. The fraction of sp³-hybridized carbons (Fsp3) is 1.00. The minimum atomic E-state index is 0.0107. The lowest BCUT2D eigenvalue weighted by Gasteiger charge is -2.36. The van der Waals surface area contributed by atoms with Crippen molar-refractivity contribution in [1.29, 1.82) is 0 Å². The first kappa shape index (κ1) is 8.25. The molecule has 1 saturated carbocycles. The molecule has 2 N–H and O–H groups in total. The summed E-state index contributed by atoms with van der Waals surface area (Å²) in [5.74, 6) is 1.23. The number of hydrogen-bond donors (Lipinski definition) is 2. The van der Waals surface area contributed by atoms with Crippen molar-refractivity contribution in [2.75, 3.05) is 0 Å². The summed E-state index contributed by atoms with van der Waals surface area (Å²) in [5.41, 5.74) is 0. The summed E-state index contributed by atoms with van der Waals surface area (Å²) >= 11 is 0. The van der Waals surface area contributed by atoms with Crippen LogP contribution in [0, 0.1) is 11.8 Å². The predicted molar refractivity (Wildman–Crippen MR) is 51.4 cm³/mol. The SMILES string of the molecule is OC(C1CCC1)C1CC2CCC1N2. The summed E-state index contributed by atoms with van der Waals surface area (Å²) in [6.07, 6.45) is 7.79. The van der Waals surface area contributed by atoms with Gasteiger partial charge in [0.05, 0.1) is 6.10 Å². The van der Waals surface area contributed by atoms with Crippen molar-refractivity contribution < 1.29 is 5.11 Å². The summed E-state index contributed by atoms with van der Waals surface area (Å²) in [7, 11) is 0. The zero-order chi connectivity index (χ0) is 8.84. The highest BCUT2D eigenvalue weighted by Crippen LogP contribution is 2.41. The molecule has 2 aliphatic heterocycles. The second kappa shape index (κ2) is 2.96. The van der Waals surface area contributed by atoms with Crippen molar-refractivity contribution in [1.82, 2.24) is 5.32 Å². The minimum absolute atomic E-state index is 0.0107. The molecule has 0 radical (unpaired) electrons. The van der Waals surface area contributed by atoms with Crippen molar-refractivity contribution in [2.45, 2.75) is 56.7 Å². The van der Waals surface area contributed by atoms with Crippen LogP contribution in [0.5, 0.6) is 0 Å². The highest BCUT2D eigenvalue weighted by atomic mass is 16.3. The van der Waals surface area contributed by atoms with Gasteiger partial charge in [0.2, 0.25) is 0 Å². The van der Waals surface area contributed by atoms with E-state index in [0.717, 1.165) is 6.04 Å². The highest BCUT2D eigenvalue weighted by Gasteiger charge is 2.45. The van der Waals surface area contributed by atoms with E-state index < -0.39 is 0 Å². The predicted octanol–water partition coefficient (Wildman–Crippen LogP) is 1.29. The van der Waals surface area contributed by atoms with E-state index in [4.69, 9.17) is 0 Å². The molecule has 0 aromatic rings. The van der Waals surface area contributed by atoms with E-state index in [2.05, 4.69) is 5.32 Å². The maximum absolute atomic E-state index is 10.2. The highest BCUT2D eigenvalue weighted by molar-refractivity contribution is 5.01. The summed E-state index contributed by atoms with van der Waals surface area (Å²) in [6, 6.07) is 1.39. The number of nitrogens with one attached hydrogen (secondary N) is 1. The second-order valence-electron chi connectivity index (χ2n) is 5.13. The lowest BCUT2D eigenvalue weighted by Crippen LogP contribution is -2.39. The van der Waals surface area contributed by atoms with Gasteiger partial charge in [0.25, 0.3) is 0 Å². The minimum Gasteiger partial charge on any atom is -0.392 e. The Labute approximate surface area is 79.7 Å². The van der Waals surface area contributed by atoms with Crippen molar-refractivity contribution in [3.05, 3.63) is 0 Å². The van der Waals surface area contributed by atoms with Crippen molar-refractivity contribution in [2.24, 2.45) is 11.8 Å². The van der Waals surface area contributed by atoms with Crippen LogP contribution in [0.4, 0.5) is 0 Å². The molecule has 4 unspecified atom stereocenters. The Bertz CT molecular complexity index is 202. The van der Waals surface area contributed by atoms with Crippen LogP contribution in [0.15, 0.2) is 0 Å². The van der Waals surface area contributed by atoms with Crippen LogP contribution >= 0.6 is 0 Å². The van der Waals surface area contributed by atoms with E-state index in [1.165, 1.54) is 38.5 Å². The first-order valence-corrected chi connectivity index (χ1v) is 5.79. The maximum atomic E-state index is 10.2. The number of hydrogen-bond acceptors (Lipinski definition) is 2. The van der Waals surface area contributed by atoms with Gasteiger partial charge in [0.1, 0.15) is 0 Å². The standard InChI is InChI=1S/C11H19NO/c13-11(7-2-1-3-7)9-6-8-4-5-10(9)12-8/h7-13H,1-6H2. The van der Waals surface area contributed by atoms with E-state index in [-0.39, 0.29) is 6.10 Å².